The number of rotatable bonds is 7. The second-order valence-corrected chi connectivity index (χ2v) is 7.33. The van der Waals surface area contributed by atoms with Crippen molar-refractivity contribution in [3.8, 4) is 0 Å². The number of ether oxygens (including phenoxy) is 1. The molecule has 1 amide bonds. The van der Waals surface area contributed by atoms with Gasteiger partial charge in [-0.15, -0.1) is 24.0 Å². The van der Waals surface area contributed by atoms with Gasteiger partial charge < -0.3 is 20.7 Å². The van der Waals surface area contributed by atoms with Gasteiger partial charge in [0.15, 0.2) is 5.96 Å². The van der Waals surface area contributed by atoms with Crippen LogP contribution in [0, 0.1) is 5.92 Å². The highest BCUT2D eigenvalue weighted by atomic mass is 127. The molecule has 7 heteroatoms. The summed E-state index contributed by atoms with van der Waals surface area (Å²) in [6.07, 6.45) is 9.88. The van der Waals surface area contributed by atoms with Crippen molar-refractivity contribution in [3.05, 3.63) is 0 Å². The number of nitrogens with one attached hydrogen (secondary N) is 3. The summed E-state index contributed by atoms with van der Waals surface area (Å²) < 4.78 is 5.88. The van der Waals surface area contributed by atoms with Gasteiger partial charge in [-0.25, -0.2) is 0 Å². The third-order valence-corrected chi connectivity index (χ3v) is 5.43. The van der Waals surface area contributed by atoms with E-state index in [2.05, 4.69) is 27.9 Å². The number of guanidine groups is 1. The highest BCUT2D eigenvalue weighted by molar-refractivity contribution is 14.0. The average molecular weight is 464 g/mol. The molecule has 3 N–H and O–H groups in total. The largest absolute Gasteiger partial charge is 0.373 e. The first-order chi connectivity index (χ1) is 11.7. The zero-order chi connectivity index (χ0) is 16.8. The maximum Gasteiger partial charge on any atom is 0.220 e. The standard InChI is InChI=1S/C18H32N4O2.HI/c1-2-19-18(22-15-12-14-7-8-16(15)24-14)21-10-9-20-17(23)11-13-5-3-4-6-13;/h13-16H,2-12H2,1H3,(H,20,23)(H2,19,21,22);1H. The number of carbonyl (C=O) groups is 1. The SMILES string of the molecule is CCNC(=NCCNC(=O)CC1CCCC1)NC1CC2CCC1O2.I. The van der Waals surface area contributed by atoms with Crippen LogP contribution in [0.4, 0.5) is 0 Å². The van der Waals surface area contributed by atoms with E-state index in [1.54, 1.807) is 0 Å². The Bertz CT molecular complexity index is 454. The van der Waals surface area contributed by atoms with Gasteiger partial charge in [0.25, 0.3) is 0 Å². The van der Waals surface area contributed by atoms with Crippen LogP contribution < -0.4 is 16.0 Å². The van der Waals surface area contributed by atoms with Crippen molar-refractivity contribution in [2.24, 2.45) is 10.9 Å². The van der Waals surface area contributed by atoms with Crippen LogP contribution >= 0.6 is 24.0 Å². The van der Waals surface area contributed by atoms with Crippen LogP contribution in [0.5, 0.6) is 0 Å². The van der Waals surface area contributed by atoms with Gasteiger partial charge in [0.05, 0.1) is 24.8 Å². The van der Waals surface area contributed by atoms with Crippen LogP contribution in [0.2, 0.25) is 0 Å². The van der Waals surface area contributed by atoms with Crippen molar-refractivity contribution in [1.29, 1.82) is 0 Å². The molecule has 3 fully saturated rings. The summed E-state index contributed by atoms with van der Waals surface area (Å²) in [7, 11) is 0. The molecule has 3 atom stereocenters. The van der Waals surface area contributed by atoms with Crippen LogP contribution in [0.1, 0.15) is 58.3 Å². The molecule has 2 heterocycles. The Hall–Kier alpha value is -0.570. The van der Waals surface area contributed by atoms with Crippen molar-refractivity contribution in [3.63, 3.8) is 0 Å². The Morgan fingerprint density at radius 1 is 1.16 bits per heavy atom. The third kappa shape index (κ3) is 6.27. The van der Waals surface area contributed by atoms with Gasteiger partial charge in [0.2, 0.25) is 5.91 Å². The molecule has 0 aromatic carbocycles. The number of nitrogens with zero attached hydrogens (tertiary/aromatic N) is 1. The van der Waals surface area contributed by atoms with Crippen molar-refractivity contribution in [2.45, 2.75) is 76.5 Å². The predicted molar refractivity (Wildman–Crippen MR) is 110 cm³/mol. The fourth-order valence-corrected chi connectivity index (χ4v) is 4.20. The molecule has 0 spiro atoms. The summed E-state index contributed by atoms with van der Waals surface area (Å²) in [5.41, 5.74) is 0. The smallest absolute Gasteiger partial charge is 0.220 e. The van der Waals surface area contributed by atoms with Gasteiger partial charge in [0.1, 0.15) is 0 Å². The number of carbonyl (C=O) groups excluding carboxylic acids is 1. The second-order valence-electron chi connectivity index (χ2n) is 7.33. The van der Waals surface area contributed by atoms with E-state index in [-0.39, 0.29) is 29.9 Å². The van der Waals surface area contributed by atoms with E-state index >= 15 is 0 Å². The maximum absolute atomic E-state index is 11.9. The summed E-state index contributed by atoms with van der Waals surface area (Å²) in [5.74, 6) is 1.62. The van der Waals surface area contributed by atoms with Gasteiger partial charge in [-0.3, -0.25) is 9.79 Å². The summed E-state index contributed by atoms with van der Waals surface area (Å²) in [5, 5.41) is 9.78. The molecule has 1 saturated carbocycles. The highest BCUT2D eigenvalue weighted by Crippen LogP contribution is 2.34. The molecule has 0 aromatic rings. The van der Waals surface area contributed by atoms with Crippen molar-refractivity contribution in [1.82, 2.24) is 16.0 Å². The zero-order valence-electron chi connectivity index (χ0n) is 15.3. The van der Waals surface area contributed by atoms with Gasteiger partial charge >= 0.3 is 0 Å². The van der Waals surface area contributed by atoms with Crippen LogP contribution in [0.25, 0.3) is 0 Å². The molecule has 25 heavy (non-hydrogen) atoms. The van der Waals surface area contributed by atoms with E-state index in [1.165, 1.54) is 32.1 Å². The molecule has 2 bridgehead atoms. The minimum atomic E-state index is 0. The average Bonchev–Trinajstić information content (AvgIpc) is 3.29. The topological polar surface area (TPSA) is 74.8 Å². The van der Waals surface area contributed by atoms with Gasteiger partial charge in [0, 0.05) is 19.5 Å². The number of hydrogen-bond acceptors (Lipinski definition) is 3. The molecule has 1 aliphatic carbocycles. The number of halogens is 1. The Morgan fingerprint density at radius 2 is 1.96 bits per heavy atom. The van der Waals surface area contributed by atoms with Crippen LogP contribution in [-0.4, -0.2) is 49.8 Å². The molecule has 2 aliphatic heterocycles. The van der Waals surface area contributed by atoms with Gasteiger partial charge in [-0.2, -0.15) is 0 Å². The summed E-state index contributed by atoms with van der Waals surface area (Å²) in [6, 6.07) is 0.374. The monoisotopic (exact) mass is 464 g/mol. The molecule has 3 aliphatic rings. The Labute approximate surface area is 168 Å². The zero-order valence-corrected chi connectivity index (χ0v) is 17.6. The summed E-state index contributed by atoms with van der Waals surface area (Å²) in [4.78, 5) is 16.5. The Kier molecular flexibility index (Phi) is 8.75. The first-order valence-corrected chi connectivity index (χ1v) is 9.71. The number of fused-ring (bicyclic) bond motifs is 2. The van der Waals surface area contributed by atoms with Crippen molar-refractivity contribution >= 4 is 35.8 Å². The van der Waals surface area contributed by atoms with Crippen LogP contribution in [0.15, 0.2) is 4.99 Å². The van der Waals surface area contributed by atoms with E-state index in [0.29, 0.717) is 43.7 Å². The lowest BCUT2D eigenvalue weighted by atomic mass is 9.96. The number of hydrogen-bond donors (Lipinski definition) is 3. The summed E-state index contributed by atoms with van der Waals surface area (Å²) in [6.45, 7) is 4.11. The molecule has 0 aromatic heterocycles. The predicted octanol–water partition coefficient (Wildman–Crippen LogP) is 2.18. The minimum absolute atomic E-state index is 0. The van der Waals surface area contributed by atoms with E-state index in [0.717, 1.165) is 25.3 Å². The van der Waals surface area contributed by atoms with Gasteiger partial charge in [-0.05, 0) is 44.9 Å². The first-order valence-electron chi connectivity index (χ1n) is 9.71. The Balaban J connectivity index is 0.00000225. The third-order valence-electron chi connectivity index (χ3n) is 5.43. The molecule has 144 valence electrons. The molecule has 0 radical (unpaired) electrons. The lowest BCUT2D eigenvalue weighted by Gasteiger charge is -2.22. The molecular formula is C18H33IN4O2. The molecule has 6 nitrogen and oxygen atoms in total. The lowest BCUT2D eigenvalue weighted by Crippen LogP contribution is -2.47. The van der Waals surface area contributed by atoms with Crippen LogP contribution in [0.3, 0.4) is 0 Å². The first kappa shape index (κ1) is 20.7. The van der Waals surface area contributed by atoms with Crippen LogP contribution in [-0.2, 0) is 9.53 Å². The quantitative estimate of drug-likeness (QED) is 0.234. The van der Waals surface area contributed by atoms with E-state index in [4.69, 9.17) is 4.74 Å². The normalized spacial score (nSPS) is 28.7. The minimum Gasteiger partial charge on any atom is -0.373 e. The van der Waals surface area contributed by atoms with Gasteiger partial charge in [-0.1, -0.05) is 12.8 Å². The maximum atomic E-state index is 11.9. The van der Waals surface area contributed by atoms with E-state index in [9.17, 15) is 4.79 Å². The lowest BCUT2D eigenvalue weighted by molar-refractivity contribution is -0.121. The highest BCUT2D eigenvalue weighted by Gasteiger charge is 2.41. The fraction of sp³-hybridized carbons (Fsp3) is 0.889. The van der Waals surface area contributed by atoms with E-state index in [1.807, 2.05) is 0 Å². The fourth-order valence-electron chi connectivity index (χ4n) is 4.20. The number of aliphatic imine (C=N–C) groups is 1. The molecule has 3 rings (SSSR count). The molecule has 2 saturated heterocycles. The molecular weight excluding hydrogens is 431 g/mol. The van der Waals surface area contributed by atoms with Crippen molar-refractivity contribution < 1.29 is 9.53 Å². The van der Waals surface area contributed by atoms with Crippen molar-refractivity contribution in [2.75, 3.05) is 19.6 Å². The molecule has 3 unspecified atom stereocenters. The summed E-state index contributed by atoms with van der Waals surface area (Å²) >= 11 is 0. The van der Waals surface area contributed by atoms with E-state index < -0.39 is 0 Å². The number of amides is 1. The second kappa shape index (κ2) is 10.5. The Morgan fingerprint density at radius 3 is 2.60 bits per heavy atom.